The molecular formula is C24H19N5O. The fraction of sp³-hybridized carbons (Fsp3) is 0.125. The molecule has 6 heteroatoms. The van der Waals surface area contributed by atoms with Crippen molar-refractivity contribution in [1.29, 1.82) is 5.26 Å². The maximum Gasteiger partial charge on any atom is 0.274 e. The summed E-state index contributed by atoms with van der Waals surface area (Å²) in [5, 5.41) is 12.0. The Kier molecular flexibility index (Phi) is 5.19. The first kappa shape index (κ1) is 19.2. The number of carbonyl (C=O) groups excluding carboxylic acids is 1. The fourth-order valence-electron chi connectivity index (χ4n) is 3.30. The van der Waals surface area contributed by atoms with Crippen molar-refractivity contribution in [3.8, 4) is 6.07 Å². The number of hydrogen-bond donors (Lipinski definition) is 1. The first-order valence-electron chi connectivity index (χ1n) is 9.51. The van der Waals surface area contributed by atoms with E-state index in [9.17, 15) is 4.79 Å². The molecule has 1 aliphatic rings. The number of aromatic nitrogens is 2. The van der Waals surface area contributed by atoms with Crippen LogP contribution in [-0.4, -0.2) is 21.6 Å². The summed E-state index contributed by atoms with van der Waals surface area (Å²) in [7, 11) is 0. The number of carbonyl (C=O) groups is 1. The van der Waals surface area contributed by atoms with Crippen molar-refractivity contribution in [1.82, 2.24) is 9.97 Å². The number of rotatable bonds is 4. The molecule has 0 atom stereocenters. The minimum atomic E-state index is -0.305. The van der Waals surface area contributed by atoms with E-state index < -0.39 is 0 Å². The zero-order valence-electron chi connectivity index (χ0n) is 16.7. The average molecular weight is 393 g/mol. The van der Waals surface area contributed by atoms with Gasteiger partial charge in [0.05, 0.1) is 23.5 Å². The van der Waals surface area contributed by atoms with E-state index >= 15 is 0 Å². The Morgan fingerprint density at radius 1 is 1.13 bits per heavy atom. The molecule has 0 radical (unpaired) electrons. The van der Waals surface area contributed by atoms with Crippen molar-refractivity contribution in [2.75, 3.05) is 5.32 Å². The van der Waals surface area contributed by atoms with Gasteiger partial charge < -0.3 is 5.32 Å². The number of amides is 1. The van der Waals surface area contributed by atoms with Crippen LogP contribution >= 0.6 is 0 Å². The van der Waals surface area contributed by atoms with Crippen molar-refractivity contribution < 1.29 is 4.79 Å². The van der Waals surface area contributed by atoms with E-state index in [0.717, 1.165) is 28.1 Å². The van der Waals surface area contributed by atoms with Gasteiger partial charge in [0, 0.05) is 23.6 Å². The van der Waals surface area contributed by atoms with Gasteiger partial charge in [-0.05, 0) is 67.0 Å². The van der Waals surface area contributed by atoms with Gasteiger partial charge in [0.2, 0.25) is 0 Å². The van der Waals surface area contributed by atoms with Gasteiger partial charge in [0.25, 0.3) is 5.91 Å². The van der Waals surface area contributed by atoms with Crippen LogP contribution in [0.5, 0.6) is 0 Å². The third-order valence-electron chi connectivity index (χ3n) is 5.14. The highest BCUT2D eigenvalue weighted by molar-refractivity contribution is 6.14. The molecular weight excluding hydrogens is 374 g/mol. The summed E-state index contributed by atoms with van der Waals surface area (Å²) in [6, 6.07) is 13.6. The first-order chi connectivity index (χ1) is 14.6. The van der Waals surface area contributed by atoms with E-state index in [1.54, 1.807) is 13.1 Å². The maximum atomic E-state index is 12.8. The van der Waals surface area contributed by atoms with Crippen LogP contribution in [0, 0.1) is 25.2 Å². The van der Waals surface area contributed by atoms with Crippen LogP contribution in [0.3, 0.4) is 0 Å². The molecule has 0 spiro atoms. The van der Waals surface area contributed by atoms with E-state index in [0.29, 0.717) is 29.1 Å². The number of anilines is 1. The summed E-state index contributed by atoms with van der Waals surface area (Å²) in [6.45, 7) is 4.23. The number of hydrogen-bond acceptors (Lipinski definition) is 5. The highest BCUT2D eigenvalue weighted by Gasteiger charge is 2.18. The number of nitrogens with one attached hydrogen (secondary N) is 1. The van der Waals surface area contributed by atoms with Crippen LogP contribution in [-0.2, 0) is 6.54 Å². The number of benzene rings is 1. The molecule has 30 heavy (non-hydrogen) atoms. The summed E-state index contributed by atoms with van der Waals surface area (Å²) < 4.78 is 0. The Morgan fingerprint density at radius 2 is 2.00 bits per heavy atom. The normalized spacial score (nSPS) is 12.4. The second kappa shape index (κ2) is 8.10. The van der Waals surface area contributed by atoms with Gasteiger partial charge >= 0.3 is 0 Å². The zero-order valence-corrected chi connectivity index (χ0v) is 16.7. The molecule has 146 valence electrons. The van der Waals surface area contributed by atoms with Gasteiger partial charge in [0.15, 0.2) is 0 Å². The average Bonchev–Trinajstić information content (AvgIpc) is 3.17. The molecule has 3 aromatic rings. The molecule has 0 unspecified atom stereocenters. The lowest BCUT2D eigenvalue weighted by Crippen LogP contribution is -2.16. The second-order valence-corrected chi connectivity index (χ2v) is 7.00. The number of aliphatic imine (C=N–C) groups is 1. The molecule has 0 aliphatic carbocycles. The van der Waals surface area contributed by atoms with Gasteiger partial charge in [-0.25, -0.2) is 4.98 Å². The molecule has 1 N–H and O–H groups in total. The van der Waals surface area contributed by atoms with E-state index in [2.05, 4.69) is 26.3 Å². The van der Waals surface area contributed by atoms with Gasteiger partial charge in [-0.1, -0.05) is 12.1 Å². The van der Waals surface area contributed by atoms with E-state index in [1.165, 1.54) is 6.20 Å². The lowest BCUT2D eigenvalue weighted by molar-refractivity contribution is 0.102. The van der Waals surface area contributed by atoms with Crippen LogP contribution in [0.1, 0.15) is 44.0 Å². The molecule has 6 nitrogen and oxygen atoms in total. The largest absolute Gasteiger partial charge is 0.321 e. The Labute approximate surface area is 174 Å². The third-order valence-corrected chi connectivity index (χ3v) is 5.14. The standard InChI is InChI=1S/C24H19N5O/c1-15-16(2)23(28-14-18(15)12-25)24(30)29-20-7-6-17-13-27-22(21(17)11-20)9-8-19-5-3-4-10-26-19/h3-11,14H,13H2,1-2H3,(H,29,30)/b9-8+. The number of allylic oxidation sites excluding steroid dienone is 1. The summed E-state index contributed by atoms with van der Waals surface area (Å²) in [5.74, 6) is -0.305. The minimum Gasteiger partial charge on any atom is -0.321 e. The number of nitrogens with zero attached hydrogens (tertiary/aromatic N) is 4. The van der Waals surface area contributed by atoms with Gasteiger partial charge in [-0.2, -0.15) is 5.26 Å². The molecule has 1 amide bonds. The molecule has 1 aromatic carbocycles. The summed E-state index contributed by atoms with van der Waals surface area (Å²) in [5.41, 5.74) is 6.73. The van der Waals surface area contributed by atoms with Gasteiger partial charge in [-0.3, -0.25) is 14.8 Å². The Balaban J connectivity index is 1.56. The number of pyridine rings is 2. The number of nitriles is 1. The Bertz CT molecular complexity index is 1240. The molecule has 0 saturated carbocycles. The highest BCUT2D eigenvalue weighted by Crippen LogP contribution is 2.24. The fourth-order valence-corrected chi connectivity index (χ4v) is 3.30. The first-order valence-corrected chi connectivity index (χ1v) is 9.51. The van der Waals surface area contributed by atoms with Crippen molar-refractivity contribution in [2.45, 2.75) is 20.4 Å². The van der Waals surface area contributed by atoms with E-state index in [-0.39, 0.29) is 5.91 Å². The van der Waals surface area contributed by atoms with Crippen LogP contribution in [0.15, 0.2) is 59.9 Å². The van der Waals surface area contributed by atoms with Crippen LogP contribution in [0.2, 0.25) is 0 Å². The van der Waals surface area contributed by atoms with Crippen LogP contribution < -0.4 is 5.32 Å². The monoisotopic (exact) mass is 393 g/mol. The smallest absolute Gasteiger partial charge is 0.274 e. The molecule has 0 saturated heterocycles. The summed E-state index contributed by atoms with van der Waals surface area (Å²) >= 11 is 0. The maximum absolute atomic E-state index is 12.8. The summed E-state index contributed by atoms with van der Waals surface area (Å²) in [4.78, 5) is 25.8. The van der Waals surface area contributed by atoms with Crippen molar-refractivity contribution in [3.63, 3.8) is 0 Å². The van der Waals surface area contributed by atoms with Crippen molar-refractivity contribution in [3.05, 3.63) is 94.1 Å². The molecule has 3 heterocycles. The molecule has 1 aliphatic heterocycles. The topological polar surface area (TPSA) is 91.0 Å². The quantitative estimate of drug-likeness (QED) is 0.718. The van der Waals surface area contributed by atoms with Crippen LogP contribution in [0.4, 0.5) is 5.69 Å². The molecule has 4 rings (SSSR count). The van der Waals surface area contributed by atoms with Crippen molar-refractivity contribution >= 4 is 23.4 Å². The minimum absolute atomic E-state index is 0.305. The SMILES string of the molecule is Cc1c(C#N)cnc(C(=O)Nc2ccc3c(c2)C(/C=C/c2ccccn2)=NC3)c1C. The van der Waals surface area contributed by atoms with Crippen molar-refractivity contribution in [2.24, 2.45) is 4.99 Å². The third kappa shape index (κ3) is 3.74. The zero-order chi connectivity index (χ0) is 21.1. The van der Waals surface area contributed by atoms with Crippen LogP contribution in [0.25, 0.3) is 6.08 Å². The highest BCUT2D eigenvalue weighted by atomic mass is 16.1. The predicted octanol–water partition coefficient (Wildman–Crippen LogP) is 4.23. The second-order valence-electron chi connectivity index (χ2n) is 7.00. The molecule has 0 bridgehead atoms. The number of fused-ring (bicyclic) bond motifs is 1. The Morgan fingerprint density at radius 3 is 2.77 bits per heavy atom. The molecule has 2 aromatic heterocycles. The van der Waals surface area contributed by atoms with E-state index in [1.807, 2.05) is 55.5 Å². The Hall–Kier alpha value is -4.11. The lowest BCUT2D eigenvalue weighted by atomic mass is 10.0. The van der Waals surface area contributed by atoms with Gasteiger partial charge in [0.1, 0.15) is 11.8 Å². The van der Waals surface area contributed by atoms with Gasteiger partial charge in [-0.15, -0.1) is 0 Å². The van der Waals surface area contributed by atoms with E-state index in [4.69, 9.17) is 5.26 Å². The predicted molar refractivity (Wildman–Crippen MR) is 116 cm³/mol. The lowest BCUT2D eigenvalue weighted by Gasteiger charge is -2.11. The molecule has 0 fully saturated rings. The summed E-state index contributed by atoms with van der Waals surface area (Å²) in [6.07, 6.45) is 7.05.